The van der Waals surface area contributed by atoms with Gasteiger partial charge in [-0.25, -0.2) is 0 Å². The molecule has 0 fully saturated rings. The van der Waals surface area contributed by atoms with Crippen LogP contribution in [0.15, 0.2) is 42.5 Å². The number of rotatable bonds is 5. The van der Waals surface area contributed by atoms with Crippen LogP contribution in [0, 0.1) is 6.92 Å². The highest BCUT2D eigenvalue weighted by atomic mass is 16.5. The summed E-state index contributed by atoms with van der Waals surface area (Å²) in [4.78, 5) is 12.2. The first-order chi connectivity index (χ1) is 10.1. The number of ether oxygens (including phenoxy) is 1. The molecule has 2 aromatic carbocycles. The van der Waals surface area contributed by atoms with Gasteiger partial charge in [-0.1, -0.05) is 24.6 Å². The zero-order valence-electron chi connectivity index (χ0n) is 12.3. The number of benzene rings is 2. The molecule has 0 spiro atoms. The molecule has 2 rings (SSSR count). The van der Waals surface area contributed by atoms with E-state index in [1.165, 1.54) is 0 Å². The number of nitrogen functional groups attached to an aromatic ring is 1. The van der Waals surface area contributed by atoms with Crippen LogP contribution in [0.1, 0.15) is 29.3 Å². The van der Waals surface area contributed by atoms with Gasteiger partial charge in [-0.05, 0) is 43.7 Å². The minimum absolute atomic E-state index is 0.187. The van der Waals surface area contributed by atoms with Crippen LogP contribution in [-0.2, 0) is 0 Å². The maximum Gasteiger partial charge on any atom is 0.255 e. The lowest BCUT2D eigenvalue weighted by Crippen LogP contribution is -2.12. The van der Waals surface area contributed by atoms with Crippen LogP contribution in [-0.4, -0.2) is 12.5 Å². The third-order valence-electron chi connectivity index (χ3n) is 3.04. The topological polar surface area (TPSA) is 64.3 Å². The molecular weight excluding hydrogens is 264 g/mol. The van der Waals surface area contributed by atoms with Crippen molar-refractivity contribution >= 4 is 17.3 Å². The standard InChI is InChI=1S/C17H20N2O2/c1-3-10-21-16-9-6-13(11-15(16)18)17(20)19-14-7-4-12(2)5-8-14/h4-9,11H,3,10,18H2,1-2H3,(H,19,20). The average Bonchev–Trinajstić information content (AvgIpc) is 2.48. The van der Waals surface area contributed by atoms with Crippen molar-refractivity contribution in [3.8, 4) is 5.75 Å². The fraction of sp³-hybridized carbons (Fsp3) is 0.235. The monoisotopic (exact) mass is 284 g/mol. The second-order valence-electron chi connectivity index (χ2n) is 4.92. The van der Waals surface area contributed by atoms with Gasteiger partial charge in [0, 0.05) is 11.3 Å². The Balaban J connectivity index is 2.08. The Morgan fingerprint density at radius 3 is 2.52 bits per heavy atom. The average molecular weight is 284 g/mol. The summed E-state index contributed by atoms with van der Waals surface area (Å²) in [6.45, 7) is 4.64. The number of hydrogen-bond acceptors (Lipinski definition) is 3. The van der Waals surface area contributed by atoms with E-state index >= 15 is 0 Å². The highest BCUT2D eigenvalue weighted by Crippen LogP contribution is 2.23. The predicted octanol–water partition coefficient (Wildman–Crippen LogP) is 3.62. The largest absolute Gasteiger partial charge is 0.491 e. The summed E-state index contributed by atoms with van der Waals surface area (Å²) in [6, 6.07) is 12.7. The van der Waals surface area contributed by atoms with Crippen molar-refractivity contribution in [2.24, 2.45) is 0 Å². The van der Waals surface area contributed by atoms with Crippen molar-refractivity contribution in [2.45, 2.75) is 20.3 Å². The Kier molecular flexibility index (Phi) is 4.82. The summed E-state index contributed by atoms with van der Waals surface area (Å²) < 4.78 is 5.50. The van der Waals surface area contributed by atoms with Crippen LogP contribution in [0.5, 0.6) is 5.75 Å². The van der Waals surface area contributed by atoms with E-state index in [0.717, 1.165) is 17.7 Å². The molecule has 0 atom stereocenters. The molecule has 0 aliphatic carbocycles. The van der Waals surface area contributed by atoms with Crippen molar-refractivity contribution in [1.29, 1.82) is 0 Å². The van der Waals surface area contributed by atoms with Crippen molar-refractivity contribution in [3.63, 3.8) is 0 Å². The molecule has 1 amide bonds. The minimum Gasteiger partial charge on any atom is -0.491 e. The first-order valence-corrected chi connectivity index (χ1v) is 7.00. The zero-order chi connectivity index (χ0) is 15.2. The van der Waals surface area contributed by atoms with Gasteiger partial charge in [-0.3, -0.25) is 4.79 Å². The van der Waals surface area contributed by atoms with E-state index in [4.69, 9.17) is 10.5 Å². The number of amides is 1. The smallest absolute Gasteiger partial charge is 0.255 e. The maximum absolute atomic E-state index is 12.2. The summed E-state index contributed by atoms with van der Waals surface area (Å²) >= 11 is 0. The zero-order valence-corrected chi connectivity index (χ0v) is 12.3. The van der Waals surface area contributed by atoms with Crippen LogP contribution in [0.2, 0.25) is 0 Å². The third kappa shape index (κ3) is 3.99. The molecule has 4 heteroatoms. The third-order valence-corrected chi connectivity index (χ3v) is 3.04. The van der Waals surface area contributed by atoms with E-state index < -0.39 is 0 Å². The minimum atomic E-state index is -0.187. The number of nitrogens with two attached hydrogens (primary N) is 1. The highest BCUT2D eigenvalue weighted by Gasteiger charge is 2.09. The molecule has 0 saturated carbocycles. The lowest BCUT2D eigenvalue weighted by Gasteiger charge is -2.10. The molecule has 0 radical (unpaired) electrons. The molecule has 2 aromatic rings. The first-order valence-electron chi connectivity index (χ1n) is 7.00. The van der Waals surface area contributed by atoms with Gasteiger partial charge in [0.1, 0.15) is 5.75 Å². The Morgan fingerprint density at radius 2 is 1.90 bits per heavy atom. The molecule has 0 aromatic heterocycles. The molecule has 0 bridgehead atoms. The Morgan fingerprint density at radius 1 is 1.19 bits per heavy atom. The van der Waals surface area contributed by atoms with E-state index in [9.17, 15) is 4.79 Å². The summed E-state index contributed by atoms with van der Waals surface area (Å²) in [5.74, 6) is 0.427. The number of carbonyl (C=O) groups is 1. The van der Waals surface area contributed by atoms with Gasteiger partial charge in [0.15, 0.2) is 0 Å². The second-order valence-corrected chi connectivity index (χ2v) is 4.92. The van der Waals surface area contributed by atoms with E-state index in [1.54, 1.807) is 18.2 Å². The number of nitrogens with one attached hydrogen (secondary N) is 1. The van der Waals surface area contributed by atoms with Gasteiger partial charge in [0.25, 0.3) is 5.91 Å². The van der Waals surface area contributed by atoms with Gasteiger partial charge < -0.3 is 15.8 Å². The van der Waals surface area contributed by atoms with Gasteiger partial charge in [0.05, 0.1) is 12.3 Å². The molecule has 0 unspecified atom stereocenters. The molecule has 4 nitrogen and oxygen atoms in total. The summed E-state index contributed by atoms with van der Waals surface area (Å²) in [5.41, 5.74) is 8.80. The lowest BCUT2D eigenvalue weighted by atomic mass is 10.1. The first kappa shape index (κ1) is 14.9. The number of carbonyl (C=O) groups excluding carboxylic acids is 1. The number of hydrogen-bond donors (Lipinski definition) is 2. The maximum atomic E-state index is 12.2. The predicted molar refractivity (Wildman–Crippen MR) is 85.8 cm³/mol. The van der Waals surface area contributed by atoms with Gasteiger partial charge in [-0.2, -0.15) is 0 Å². The van der Waals surface area contributed by atoms with E-state index in [2.05, 4.69) is 5.32 Å². The van der Waals surface area contributed by atoms with E-state index in [0.29, 0.717) is 23.6 Å². The summed E-state index contributed by atoms with van der Waals surface area (Å²) in [5, 5.41) is 2.84. The molecular formula is C17H20N2O2. The normalized spacial score (nSPS) is 10.2. The molecule has 110 valence electrons. The molecule has 21 heavy (non-hydrogen) atoms. The number of aryl methyl sites for hydroxylation is 1. The van der Waals surface area contributed by atoms with Crippen LogP contribution < -0.4 is 15.8 Å². The van der Waals surface area contributed by atoms with Crippen LogP contribution in [0.4, 0.5) is 11.4 Å². The second kappa shape index (κ2) is 6.79. The molecule has 3 N–H and O–H groups in total. The van der Waals surface area contributed by atoms with E-state index in [1.807, 2.05) is 38.1 Å². The summed E-state index contributed by atoms with van der Waals surface area (Å²) in [6.07, 6.45) is 0.912. The van der Waals surface area contributed by atoms with Crippen LogP contribution in [0.25, 0.3) is 0 Å². The fourth-order valence-corrected chi connectivity index (χ4v) is 1.87. The molecule has 0 aliphatic rings. The van der Waals surface area contributed by atoms with Crippen LogP contribution >= 0.6 is 0 Å². The molecule has 0 aliphatic heterocycles. The Labute approximate surface area is 124 Å². The molecule has 0 heterocycles. The SMILES string of the molecule is CCCOc1ccc(C(=O)Nc2ccc(C)cc2)cc1N. The van der Waals surface area contributed by atoms with Crippen molar-refractivity contribution < 1.29 is 9.53 Å². The van der Waals surface area contributed by atoms with Crippen molar-refractivity contribution in [2.75, 3.05) is 17.7 Å². The summed E-state index contributed by atoms with van der Waals surface area (Å²) in [7, 11) is 0. The Hall–Kier alpha value is -2.49. The highest BCUT2D eigenvalue weighted by molar-refractivity contribution is 6.05. The molecule has 0 saturated heterocycles. The van der Waals surface area contributed by atoms with Gasteiger partial charge in [-0.15, -0.1) is 0 Å². The van der Waals surface area contributed by atoms with Crippen LogP contribution in [0.3, 0.4) is 0 Å². The van der Waals surface area contributed by atoms with Crippen molar-refractivity contribution in [1.82, 2.24) is 0 Å². The van der Waals surface area contributed by atoms with E-state index in [-0.39, 0.29) is 5.91 Å². The van der Waals surface area contributed by atoms with Gasteiger partial charge in [0.2, 0.25) is 0 Å². The number of anilines is 2. The Bertz CT molecular complexity index is 621. The quantitative estimate of drug-likeness (QED) is 0.824. The van der Waals surface area contributed by atoms with Gasteiger partial charge >= 0.3 is 0 Å². The lowest BCUT2D eigenvalue weighted by molar-refractivity contribution is 0.102. The fourth-order valence-electron chi connectivity index (χ4n) is 1.87. The van der Waals surface area contributed by atoms with Crippen molar-refractivity contribution in [3.05, 3.63) is 53.6 Å².